The lowest BCUT2D eigenvalue weighted by Gasteiger charge is -1.97. The van der Waals surface area contributed by atoms with E-state index in [1.54, 1.807) is 6.20 Å². The lowest BCUT2D eigenvalue weighted by molar-refractivity contribution is 0.318. The first-order valence-corrected chi connectivity index (χ1v) is 3.50. The molecule has 0 aliphatic carbocycles. The monoisotopic (exact) mass is 150 g/mol. The number of rotatable bonds is 2. The normalized spacial score (nSPS) is 11.5. The Morgan fingerprint density at radius 3 is 2.91 bits per heavy atom. The van der Waals surface area contributed by atoms with E-state index in [1.165, 1.54) is 0 Å². The first kappa shape index (κ1) is 7.72. The van der Waals surface area contributed by atoms with Gasteiger partial charge >= 0.3 is 0 Å². The number of hydrogen-bond acceptors (Lipinski definition) is 3. The number of hydrogen-bond donors (Lipinski definition) is 1. The highest BCUT2D eigenvalue weighted by molar-refractivity contribution is 5.98. The lowest BCUT2D eigenvalue weighted by atomic mass is 10.2. The van der Waals surface area contributed by atoms with Gasteiger partial charge in [-0.3, -0.25) is 4.98 Å². The molecule has 0 fully saturated rings. The summed E-state index contributed by atoms with van der Waals surface area (Å²) in [7, 11) is 0. The first-order valence-electron chi connectivity index (χ1n) is 3.50. The summed E-state index contributed by atoms with van der Waals surface area (Å²) in [5.41, 5.74) is 1.35. The van der Waals surface area contributed by atoms with E-state index in [2.05, 4.69) is 10.1 Å². The van der Waals surface area contributed by atoms with Crippen LogP contribution in [0.2, 0.25) is 0 Å². The lowest BCUT2D eigenvalue weighted by Crippen LogP contribution is -2.00. The van der Waals surface area contributed by atoms with Crippen molar-refractivity contribution in [2.45, 2.75) is 13.3 Å². The molecular weight excluding hydrogens is 140 g/mol. The molecule has 1 aromatic heterocycles. The van der Waals surface area contributed by atoms with E-state index in [4.69, 9.17) is 5.21 Å². The van der Waals surface area contributed by atoms with Crippen molar-refractivity contribution in [2.75, 3.05) is 0 Å². The molecule has 0 radical (unpaired) electrons. The van der Waals surface area contributed by atoms with Crippen molar-refractivity contribution in [1.82, 2.24) is 4.98 Å². The molecule has 1 N–H and O–H groups in total. The van der Waals surface area contributed by atoms with Crippen molar-refractivity contribution in [3.63, 3.8) is 0 Å². The SMILES string of the molecule is CC/C(=N\O)c1ccccn1. The number of pyridine rings is 1. The summed E-state index contributed by atoms with van der Waals surface area (Å²) in [4.78, 5) is 4.03. The van der Waals surface area contributed by atoms with Crippen LogP contribution >= 0.6 is 0 Å². The predicted octanol–water partition coefficient (Wildman–Crippen LogP) is 1.67. The highest BCUT2D eigenvalue weighted by Gasteiger charge is 1.99. The minimum absolute atomic E-state index is 0.616. The molecule has 0 bridgehead atoms. The fourth-order valence-corrected chi connectivity index (χ4v) is 0.837. The third-order valence-corrected chi connectivity index (χ3v) is 1.42. The number of aromatic nitrogens is 1. The maximum Gasteiger partial charge on any atom is 0.105 e. The van der Waals surface area contributed by atoms with Gasteiger partial charge in [0.15, 0.2) is 0 Å². The minimum Gasteiger partial charge on any atom is -0.411 e. The Morgan fingerprint density at radius 1 is 1.64 bits per heavy atom. The zero-order valence-corrected chi connectivity index (χ0v) is 6.36. The smallest absolute Gasteiger partial charge is 0.105 e. The average Bonchev–Trinajstić information content (AvgIpc) is 2.09. The second-order valence-corrected chi connectivity index (χ2v) is 2.12. The summed E-state index contributed by atoms with van der Waals surface area (Å²) >= 11 is 0. The van der Waals surface area contributed by atoms with Crippen molar-refractivity contribution in [3.8, 4) is 0 Å². The fourth-order valence-electron chi connectivity index (χ4n) is 0.837. The van der Waals surface area contributed by atoms with E-state index in [9.17, 15) is 0 Å². The molecule has 11 heavy (non-hydrogen) atoms. The van der Waals surface area contributed by atoms with E-state index >= 15 is 0 Å². The Bertz CT molecular complexity index is 244. The van der Waals surface area contributed by atoms with Crippen LogP contribution < -0.4 is 0 Å². The van der Waals surface area contributed by atoms with Crippen LogP contribution in [0.3, 0.4) is 0 Å². The Balaban J connectivity index is 2.92. The maximum atomic E-state index is 8.53. The second kappa shape index (κ2) is 3.71. The summed E-state index contributed by atoms with van der Waals surface area (Å²) in [6.45, 7) is 1.92. The highest BCUT2D eigenvalue weighted by atomic mass is 16.4. The number of oxime groups is 1. The van der Waals surface area contributed by atoms with Gasteiger partial charge in [0.25, 0.3) is 0 Å². The topological polar surface area (TPSA) is 45.5 Å². The van der Waals surface area contributed by atoms with E-state index in [-0.39, 0.29) is 0 Å². The third-order valence-electron chi connectivity index (χ3n) is 1.42. The average molecular weight is 150 g/mol. The maximum absolute atomic E-state index is 8.53. The van der Waals surface area contributed by atoms with Crippen molar-refractivity contribution in [1.29, 1.82) is 0 Å². The van der Waals surface area contributed by atoms with Gasteiger partial charge in [0.2, 0.25) is 0 Å². The molecule has 1 rings (SSSR count). The molecule has 0 unspecified atom stereocenters. The molecule has 3 nitrogen and oxygen atoms in total. The van der Waals surface area contributed by atoms with E-state index in [0.717, 1.165) is 5.69 Å². The van der Waals surface area contributed by atoms with Crippen LogP contribution in [0, 0.1) is 0 Å². The Labute approximate surface area is 65.4 Å². The molecule has 0 aliphatic rings. The van der Waals surface area contributed by atoms with Crippen LogP contribution in [0.5, 0.6) is 0 Å². The van der Waals surface area contributed by atoms with E-state index in [1.807, 2.05) is 25.1 Å². The van der Waals surface area contributed by atoms with Gasteiger partial charge in [0.05, 0.1) is 5.69 Å². The zero-order valence-electron chi connectivity index (χ0n) is 6.36. The molecule has 0 atom stereocenters. The zero-order chi connectivity index (χ0) is 8.10. The fraction of sp³-hybridized carbons (Fsp3) is 0.250. The summed E-state index contributed by atoms with van der Waals surface area (Å²) in [6, 6.07) is 5.51. The summed E-state index contributed by atoms with van der Waals surface area (Å²) in [5, 5.41) is 11.7. The second-order valence-electron chi connectivity index (χ2n) is 2.12. The quantitative estimate of drug-likeness (QED) is 0.396. The van der Waals surface area contributed by atoms with Crippen LogP contribution in [0.25, 0.3) is 0 Å². The predicted molar refractivity (Wildman–Crippen MR) is 42.9 cm³/mol. The molecule has 1 heterocycles. The summed E-state index contributed by atoms with van der Waals surface area (Å²) in [5.74, 6) is 0. The van der Waals surface area contributed by atoms with Crippen molar-refractivity contribution >= 4 is 5.71 Å². The van der Waals surface area contributed by atoms with Gasteiger partial charge < -0.3 is 5.21 Å². The summed E-state index contributed by atoms with van der Waals surface area (Å²) in [6.07, 6.45) is 2.36. The summed E-state index contributed by atoms with van der Waals surface area (Å²) < 4.78 is 0. The molecule has 0 aromatic carbocycles. The van der Waals surface area contributed by atoms with Crippen LogP contribution in [0.1, 0.15) is 19.0 Å². The standard InChI is InChI=1S/C8H10N2O/c1-2-7(10-11)8-5-3-4-6-9-8/h3-6,11H,2H2,1H3/b10-7+. The molecular formula is C8H10N2O. The first-order chi connectivity index (χ1) is 5.38. The highest BCUT2D eigenvalue weighted by Crippen LogP contribution is 1.98. The molecule has 0 spiro atoms. The van der Waals surface area contributed by atoms with Gasteiger partial charge in [-0.05, 0) is 18.6 Å². The largest absolute Gasteiger partial charge is 0.411 e. The van der Waals surface area contributed by atoms with Crippen LogP contribution in [-0.2, 0) is 0 Å². The van der Waals surface area contributed by atoms with Crippen molar-refractivity contribution in [2.24, 2.45) is 5.16 Å². The van der Waals surface area contributed by atoms with Gasteiger partial charge in [0.1, 0.15) is 5.71 Å². The van der Waals surface area contributed by atoms with E-state index < -0.39 is 0 Å². The van der Waals surface area contributed by atoms with Crippen LogP contribution in [0.15, 0.2) is 29.6 Å². The molecule has 0 saturated heterocycles. The van der Waals surface area contributed by atoms with Crippen molar-refractivity contribution in [3.05, 3.63) is 30.1 Å². The van der Waals surface area contributed by atoms with Gasteiger partial charge in [-0.25, -0.2) is 0 Å². The van der Waals surface area contributed by atoms with E-state index in [0.29, 0.717) is 12.1 Å². The van der Waals surface area contributed by atoms with Crippen LogP contribution in [0.4, 0.5) is 0 Å². The molecule has 0 saturated carbocycles. The molecule has 0 amide bonds. The molecule has 3 heteroatoms. The molecule has 0 aliphatic heterocycles. The number of nitrogens with zero attached hydrogens (tertiary/aromatic N) is 2. The Kier molecular flexibility index (Phi) is 2.60. The van der Waals surface area contributed by atoms with Crippen molar-refractivity contribution < 1.29 is 5.21 Å². The Hall–Kier alpha value is -1.38. The molecule has 58 valence electrons. The molecule has 1 aromatic rings. The van der Waals surface area contributed by atoms with Gasteiger partial charge in [-0.2, -0.15) is 0 Å². The third kappa shape index (κ3) is 1.77. The van der Waals surface area contributed by atoms with Gasteiger partial charge in [-0.1, -0.05) is 18.1 Å². The van der Waals surface area contributed by atoms with Gasteiger partial charge in [-0.15, -0.1) is 0 Å². The minimum atomic E-state index is 0.616. The Morgan fingerprint density at radius 2 is 2.45 bits per heavy atom. The van der Waals surface area contributed by atoms with Gasteiger partial charge in [0, 0.05) is 6.20 Å². The van der Waals surface area contributed by atoms with Crippen LogP contribution in [-0.4, -0.2) is 15.9 Å².